The van der Waals surface area contributed by atoms with Crippen LogP contribution in [0.3, 0.4) is 0 Å². The highest BCUT2D eigenvalue weighted by molar-refractivity contribution is 8.15. The summed E-state index contributed by atoms with van der Waals surface area (Å²) in [5, 5.41) is 2.69. The summed E-state index contributed by atoms with van der Waals surface area (Å²) in [6, 6.07) is 7.19. The minimum atomic E-state index is -3.13. The second-order valence-corrected chi connectivity index (χ2v) is 11.8. The van der Waals surface area contributed by atoms with E-state index in [1.54, 1.807) is 27.9 Å². The fourth-order valence-corrected chi connectivity index (χ4v) is 7.32. The number of nitrogens with one attached hydrogen (secondary N) is 1. The first-order valence-electron chi connectivity index (χ1n) is 9.81. The van der Waals surface area contributed by atoms with Gasteiger partial charge in [-0.3, -0.25) is 4.79 Å². The first kappa shape index (κ1) is 23.4. The average Bonchev–Trinajstić information content (AvgIpc) is 3.11. The van der Waals surface area contributed by atoms with Crippen LogP contribution in [-0.4, -0.2) is 72.5 Å². The molecule has 0 bridgehead atoms. The highest BCUT2D eigenvalue weighted by atomic mass is 32.2. The Morgan fingerprint density at radius 1 is 1.23 bits per heavy atom. The van der Waals surface area contributed by atoms with Gasteiger partial charge in [-0.1, -0.05) is 23.9 Å². The number of nitrogens with zero attached hydrogens (tertiary/aromatic N) is 2. The Bertz CT molecular complexity index is 970. The van der Waals surface area contributed by atoms with Gasteiger partial charge < -0.3 is 19.7 Å². The van der Waals surface area contributed by atoms with Crippen molar-refractivity contribution in [2.75, 3.05) is 25.2 Å². The van der Waals surface area contributed by atoms with Gasteiger partial charge in [-0.2, -0.15) is 4.99 Å². The van der Waals surface area contributed by atoms with E-state index in [2.05, 4.69) is 10.3 Å². The molecule has 3 rings (SSSR count). The van der Waals surface area contributed by atoms with Gasteiger partial charge in [-0.05, 0) is 38.5 Å². The van der Waals surface area contributed by atoms with Crippen LogP contribution in [0.2, 0.25) is 0 Å². The van der Waals surface area contributed by atoms with Crippen LogP contribution in [-0.2, 0) is 25.9 Å². The summed E-state index contributed by atoms with van der Waals surface area (Å²) in [4.78, 5) is 30.2. The number of alkyl carbamates (subject to hydrolysis) is 1. The summed E-state index contributed by atoms with van der Waals surface area (Å²) < 4.78 is 34.5. The number of carbonyl (C=O) groups is 2. The van der Waals surface area contributed by atoms with Gasteiger partial charge in [0.05, 0.1) is 24.7 Å². The number of fused-ring (bicyclic) bond motifs is 1. The molecule has 0 aliphatic carbocycles. The molecule has 9 nitrogen and oxygen atoms in total. The van der Waals surface area contributed by atoms with Crippen molar-refractivity contribution in [3.63, 3.8) is 0 Å². The molecule has 2 heterocycles. The molecule has 2 atom stereocenters. The number of benzene rings is 1. The van der Waals surface area contributed by atoms with Gasteiger partial charge in [0, 0.05) is 11.8 Å². The number of sulfone groups is 1. The van der Waals surface area contributed by atoms with Gasteiger partial charge in [0.1, 0.15) is 17.9 Å². The number of hydrogen-bond acceptors (Lipinski definition) is 7. The van der Waals surface area contributed by atoms with Crippen LogP contribution in [0.15, 0.2) is 29.3 Å². The Hall–Kier alpha value is -2.27. The highest BCUT2D eigenvalue weighted by Crippen LogP contribution is 2.39. The lowest BCUT2D eigenvalue weighted by Gasteiger charge is -2.24. The molecule has 31 heavy (non-hydrogen) atoms. The largest absolute Gasteiger partial charge is 0.497 e. The van der Waals surface area contributed by atoms with E-state index < -0.39 is 27.4 Å². The first-order chi connectivity index (χ1) is 14.5. The molecule has 1 N–H and O–H groups in total. The molecule has 0 radical (unpaired) electrons. The number of ether oxygens (including phenoxy) is 2. The molecular formula is C20H27N3O6S2. The third-order valence-corrected chi connectivity index (χ3v) is 7.94. The van der Waals surface area contributed by atoms with E-state index in [0.717, 1.165) is 11.3 Å². The lowest BCUT2D eigenvalue weighted by atomic mass is 10.1. The number of methoxy groups -OCH3 is 1. The molecular weight excluding hydrogens is 442 g/mol. The van der Waals surface area contributed by atoms with Gasteiger partial charge in [0.25, 0.3) is 5.91 Å². The van der Waals surface area contributed by atoms with Crippen LogP contribution in [0.4, 0.5) is 4.79 Å². The minimum absolute atomic E-state index is 0.0319. The topological polar surface area (TPSA) is 114 Å². The molecule has 2 aliphatic heterocycles. The standard InChI is InChI=1S/C20H27N3O6S2/c1-20(2,3)29-19(25)21-9-17(24)22-18-23(10-13-5-7-14(28-4)8-6-13)15-11-31(26,27)12-16(15)30-18/h5-8,15-16H,9-12H2,1-4H3,(H,21,25). The van der Waals surface area contributed by atoms with E-state index in [0.29, 0.717) is 11.7 Å². The molecule has 2 unspecified atom stereocenters. The molecule has 11 heteroatoms. The molecule has 2 aliphatic rings. The number of thioether (sulfide) groups is 1. The third kappa shape index (κ3) is 6.36. The second-order valence-electron chi connectivity index (χ2n) is 8.42. The Morgan fingerprint density at radius 2 is 1.90 bits per heavy atom. The lowest BCUT2D eigenvalue weighted by molar-refractivity contribution is -0.117. The van der Waals surface area contributed by atoms with Crippen molar-refractivity contribution in [1.82, 2.24) is 10.2 Å². The first-order valence-corrected chi connectivity index (χ1v) is 12.5. The van der Waals surface area contributed by atoms with Gasteiger partial charge in [-0.25, -0.2) is 13.2 Å². The molecule has 2 amide bonds. The van der Waals surface area contributed by atoms with Crippen molar-refractivity contribution >= 4 is 38.8 Å². The highest BCUT2D eigenvalue weighted by Gasteiger charge is 2.48. The quantitative estimate of drug-likeness (QED) is 0.695. The summed E-state index contributed by atoms with van der Waals surface area (Å²) >= 11 is 1.30. The van der Waals surface area contributed by atoms with E-state index in [4.69, 9.17) is 9.47 Å². The third-order valence-electron chi connectivity index (χ3n) is 4.69. The second kappa shape index (κ2) is 9.07. The average molecular weight is 470 g/mol. The summed E-state index contributed by atoms with van der Waals surface area (Å²) in [5.41, 5.74) is 0.275. The fraction of sp³-hybridized carbons (Fsp3) is 0.550. The van der Waals surface area contributed by atoms with Crippen LogP contribution < -0.4 is 10.1 Å². The van der Waals surface area contributed by atoms with E-state index in [1.165, 1.54) is 11.8 Å². The van der Waals surface area contributed by atoms with Crippen molar-refractivity contribution in [2.45, 2.75) is 44.2 Å². The van der Waals surface area contributed by atoms with Crippen molar-refractivity contribution in [2.24, 2.45) is 4.99 Å². The maximum atomic E-state index is 12.4. The van der Waals surface area contributed by atoms with Crippen LogP contribution in [0.1, 0.15) is 26.3 Å². The normalized spacial score (nSPS) is 23.5. The summed E-state index contributed by atoms with van der Waals surface area (Å²) in [6.07, 6.45) is -0.696. The Balaban J connectivity index is 1.72. The Labute approximate surface area is 186 Å². The van der Waals surface area contributed by atoms with Crippen LogP contribution in [0, 0.1) is 0 Å². The Morgan fingerprint density at radius 3 is 2.52 bits per heavy atom. The maximum absolute atomic E-state index is 12.4. The van der Waals surface area contributed by atoms with Crippen molar-refractivity contribution in [3.8, 4) is 5.75 Å². The zero-order valence-corrected chi connectivity index (χ0v) is 19.6. The predicted octanol–water partition coefficient (Wildman–Crippen LogP) is 1.82. The number of amidine groups is 1. The number of aliphatic imine (C=N–C) groups is 1. The summed E-state index contributed by atoms with van der Waals surface area (Å²) in [7, 11) is -1.54. The van der Waals surface area contributed by atoms with E-state index in [9.17, 15) is 18.0 Å². The number of amides is 2. The molecule has 2 saturated heterocycles. The van der Waals surface area contributed by atoms with Gasteiger partial charge in [0.2, 0.25) is 0 Å². The summed E-state index contributed by atoms with van der Waals surface area (Å²) in [6.45, 7) is 5.30. The minimum Gasteiger partial charge on any atom is -0.497 e. The van der Waals surface area contributed by atoms with Crippen molar-refractivity contribution in [1.29, 1.82) is 0 Å². The van der Waals surface area contributed by atoms with Crippen LogP contribution >= 0.6 is 11.8 Å². The monoisotopic (exact) mass is 469 g/mol. The molecule has 170 valence electrons. The molecule has 2 fully saturated rings. The Kier molecular flexibility index (Phi) is 6.85. The maximum Gasteiger partial charge on any atom is 0.408 e. The number of hydrogen-bond donors (Lipinski definition) is 1. The van der Waals surface area contributed by atoms with Crippen molar-refractivity contribution in [3.05, 3.63) is 29.8 Å². The molecule has 1 aromatic rings. The zero-order valence-electron chi connectivity index (χ0n) is 18.0. The van der Waals surface area contributed by atoms with E-state index in [1.807, 2.05) is 29.2 Å². The number of rotatable bonds is 5. The smallest absolute Gasteiger partial charge is 0.408 e. The molecule has 1 aromatic carbocycles. The zero-order chi connectivity index (χ0) is 22.8. The van der Waals surface area contributed by atoms with Gasteiger partial charge >= 0.3 is 6.09 Å². The molecule has 0 spiro atoms. The van der Waals surface area contributed by atoms with Gasteiger partial charge in [0.15, 0.2) is 15.0 Å². The fourth-order valence-electron chi connectivity index (χ4n) is 3.36. The van der Waals surface area contributed by atoms with Gasteiger partial charge in [-0.15, -0.1) is 0 Å². The van der Waals surface area contributed by atoms with Crippen LogP contribution in [0.25, 0.3) is 0 Å². The van der Waals surface area contributed by atoms with E-state index >= 15 is 0 Å². The SMILES string of the molecule is COc1ccc(CN2C(=NC(=O)CNC(=O)OC(C)(C)C)SC3CS(=O)(=O)CC32)cc1. The van der Waals surface area contributed by atoms with Crippen LogP contribution in [0.5, 0.6) is 5.75 Å². The number of carbonyl (C=O) groups excluding carboxylic acids is 2. The van der Waals surface area contributed by atoms with Crippen molar-refractivity contribution < 1.29 is 27.5 Å². The summed E-state index contributed by atoms with van der Waals surface area (Å²) in [5.74, 6) is 0.281. The molecule has 0 saturated carbocycles. The lowest BCUT2D eigenvalue weighted by Crippen LogP contribution is -2.38. The predicted molar refractivity (Wildman–Crippen MR) is 119 cm³/mol. The van der Waals surface area contributed by atoms with E-state index in [-0.39, 0.29) is 29.3 Å². The molecule has 0 aromatic heterocycles.